The van der Waals surface area contributed by atoms with E-state index in [0.717, 1.165) is 12.8 Å². The molecule has 0 bridgehead atoms. The Kier molecular flexibility index (Phi) is 3.94. The first-order chi connectivity index (χ1) is 12.5. The van der Waals surface area contributed by atoms with Crippen LogP contribution < -0.4 is 0 Å². The van der Waals surface area contributed by atoms with Crippen molar-refractivity contribution in [2.45, 2.75) is 31.8 Å². The molecule has 1 aliphatic carbocycles. The number of amides is 2. The number of hydrogen-bond acceptors (Lipinski definition) is 4. The molecule has 0 atom stereocenters. The van der Waals surface area contributed by atoms with Crippen LogP contribution in [0.2, 0.25) is 0 Å². The average molecular weight is 354 g/mol. The Morgan fingerprint density at radius 3 is 2.46 bits per heavy atom. The first-order valence-electron chi connectivity index (χ1n) is 8.66. The van der Waals surface area contributed by atoms with Gasteiger partial charge in [-0.15, -0.1) is 0 Å². The third kappa shape index (κ3) is 2.94. The van der Waals surface area contributed by atoms with E-state index in [-0.39, 0.29) is 17.9 Å². The van der Waals surface area contributed by atoms with Crippen LogP contribution in [0.25, 0.3) is 11.3 Å². The lowest BCUT2D eigenvalue weighted by Crippen LogP contribution is -2.57. The molecule has 0 N–H and O–H groups in total. The van der Waals surface area contributed by atoms with Gasteiger partial charge in [0, 0.05) is 24.2 Å². The SMILES string of the molecule is CC1(N2CCN(Cc3ccc(-c4ccccc4F)nn3)C(=O)C2=O)CC1. The summed E-state index contributed by atoms with van der Waals surface area (Å²) < 4.78 is 13.8. The molecule has 26 heavy (non-hydrogen) atoms. The van der Waals surface area contributed by atoms with Crippen LogP contribution in [-0.2, 0) is 16.1 Å². The lowest BCUT2D eigenvalue weighted by Gasteiger charge is -2.37. The van der Waals surface area contributed by atoms with Crippen molar-refractivity contribution >= 4 is 11.8 Å². The number of hydrogen-bond donors (Lipinski definition) is 0. The van der Waals surface area contributed by atoms with Crippen molar-refractivity contribution in [3.05, 3.63) is 47.9 Å². The van der Waals surface area contributed by atoms with Crippen molar-refractivity contribution in [3.8, 4) is 11.3 Å². The highest BCUT2D eigenvalue weighted by molar-refractivity contribution is 6.35. The van der Waals surface area contributed by atoms with Gasteiger partial charge in [0.1, 0.15) is 5.82 Å². The Hall–Kier alpha value is -2.83. The maximum Gasteiger partial charge on any atom is 0.312 e. The molecular weight excluding hydrogens is 335 g/mol. The molecule has 2 fully saturated rings. The summed E-state index contributed by atoms with van der Waals surface area (Å²) in [6.45, 7) is 3.26. The van der Waals surface area contributed by atoms with Crippen molar-refractivity contribution in [1.29, 1.82) is 0 Å². The molecule has 0 radical (unpaired) electrons. The van der Waals surface area contributed by atoms with E-state index in [0.29, 0.717) is 30.0 Å². The van der Waals surface area contributed by atoms with Crippen LogP contribution in [0, 0.1) is 5.82 Å². The van der Waals surface area contributed by atoms with Gasteiger partial charge in [0.25, 0.3) is 0 Å². The van der Waals surface area contributed by atoms with Crippen molar-refractivity contribution < 1.29 is 14.0 Å². The van der Waals surface area contributed by atoms with E-state index in [2.05, 4.69) is 10.2 Å². The highest BCUT2D eigenvalue weighted by Gasteiger charge is 2.49. The van der Waals surface area contributed by atoms with Gasteiger partial charge in [-0.1, -0.05) is 12.1 Å². The van der Waals surface area contributed by atoms with Gasteiger partial charge < -0.3 is 9.80 Å². The number of aromatic nitrogens is 2. The summed E-state index contributed by atoms with van der Waals surface area (Å²) in [7, 11) is 0. The fraction of sp³-hybridized carbons (Fsp3) is 0.368. The van der Waals surface area contributed by atoms with E-state index in [1.165, 1.54) is 11.0 Å². The maximum absolute atomic E-state index is 13.8. The van der Waals surface area contributed by atoms with Crippen molar-refractivity contribution in [1.82, 2.24) is 20.0 Å². The number of rotatable bonds is 4. The van der Waals surface area contributed by atoms with Crippen molar-refractivity contribution in [2.24, 2.45) is 0 Å². The molecule has 7 heteroatoms. The maximum atomic E-state index is 13.8. The molecule has 2 aliphatic rings. The van der Waals surface area contributed by atoms with E-state index in [4.69, 9.17) is 0 Å². The quantitative estimate of drug-likeness (QED) is 0.788. The molecule has 1 aromatic heterocycles. The first-order valence-corrected chi connectivity index (χ1v) is 8.66. The number of carbonyl (C=O) groups is 2. The predicted octanol–water partition coefficient (Wildman–Crippen LogP) is 2.01. The zero-order valence-corrected chi connectivity index (χ0v) is 14.5. The molecule has 2 heterocycles. The summed E-state index contributed by atoms with van der Waals surface area (Å²) in [4.78, 5) is 27.9. The van der Waals surface area contributed by atoms with Gasteiger partial charge in [-0.05, 0) is 44.0 Å². The molecule has 0 spiro atoms. The molecule has 1 aromatic carbocycles. The molecule has 1 saturated carbocycles. The topological polar surface area (TPSA) is 66.4 Å². The summed E-state index contributed by atoms with van der Waals surface area (Å²) in [5, 5.41) is 8.15. The number of benzene rings is 1. The molecule has 134 valence electrons. The average Bonchev–Trinajstić information content (AvgIpc) is 3.38. The highest BCUT2D eigenvalue weighted by Crippen LogP contribution is 2.41. The van der Waals surface area contributed by atoms with Crippen LogP contribution in [0.4, 0.5) is 4.39 Å². The molecular formula is C19H19FN4O2. The molecule has 2 amide bonds. The second kappa shape index (κ2) is 6.16. The Labute approximate surface area is 150 Å². The minimum absolute atomic E-state index is 0.139. The highest BCUT2D eigenvalue weighted by atomic mass is 19.1. The number of nitrogens with zero attached hydrogens (tertiary/aromatic N) is 4. The summed E-state index contributed by atoms with van der Waals surface area (Å²) in [6, 6.07) is 9.74. The van der Waals surface area contributed by atoms with E-state index < -0.39 is 11.8 Å². The van der Waals surface area contributed by atoms with Gasteiger partial charge in [-0.3, -0.25) is 9.59 Å². The smallest absolute Gasteiger partial charge is 0.312 e. The van der Waals surface area contributed by atoms with E-state index in [1.54, 1.807) is 35.2 Å². The first kappa shape index (κ1) is 16.6. The van der Waals surface area contributed by atoms with Crippen molar-refractivity contribution in [2.75, 3.05) is 13.1 Å². The second-order valence-electron chi connectivity index (χ2n) is 7.07. The van der Waals surface area contributed by atoms with E-state index in [1.807, 2.05) is 6.92 Å². The van der Waals surface area contributed by atoms with Crippen LogP contribution in [0.1, 0.15) is 25.5 Å². The van der Waals surface area contributed by atoms with Gasteiger partial charge in [0.2, 0.25) is 0 Å². The molecule has 6 nitrogen and oxygen atoms in total. The Morgan fingerprint density at radius 2 is 1.81 bits per heavy atom. The normalized spacial score (nSPS) is 19.0. The fourth-order valence-corrected chi connectivity index (χ4v) is 3.24. The third-order valence-corrected chi connectivity index (χ3v) is 5.16. The molecule has 1 saturated heterocycles. The zero-order chi connectivity index (χ0) is 18.3. The second-order valence-corrected chi connectivity index (χ2v) is 7.07. The third-order valence-electron chi connectivity index (χ3n) is 5.16. The van der Waals surface area contributed by atoms with E-state index in [9.17, 15) is 14.0 Å². The molecule has 1 aliphatic heterocycles. The number of halogens is 1. The summed E-state index contributed by atoms with van der Waals surface area (Å²) in [5.41, 5.74) is 1.24. The van der Waals surface area contributed by atoms with E-state index >= 15 is 0 Å². The van der Waals surface area contributed by atoms with Gasteiger partial charge in [0.15, 0.2) is 0 Å². The van der Waals surface area contributed by atoms with Crippen LogP contribution in [0.5, 0.6) is 0 Å². The van der Waals surface area contributed by atoms with Crippen LogP contribution in [0.3, 0.4) is 0 Å². The Morgan fingerprint density at radius 1 is 1.04 bits per heavy atom. The summed E-state index contributed by atoms with van der Waals surface area (Å²) >= 11 is 0. The lowest BCUT2D eigenvalue weighted by atomic mass is 10.1. The molecule has 4 rings (SSSR count). The summed E-state index contributed by atoms with van der Waals surface area (Å²) in [5.74, 6) is -1.29. The van der Waals surface area contributed by atoms with Crippen molar-refractivity contribution in [3.63, 3.8) is 0 Å². The largest absolute Gasteiger partial charge is 0.327 e. The Bertz CT molecular complexity index is 864. The van der Waals surface area contributed by atoms with Gasteiger partial charge in [0.05, 0.1) is 17.9 Å². The summed E-state index contributed by atoms with van der Waals surface area (Å²) in [6.07, 6.45) is 1.91. The molecule has 0 unspecified atom stereocenters. The predicted molar refractivity (Wildman–Crippen MR) is 92.2 cm³/mol. The Balaban J connectivity index is 1.46. The standard InChI is InChI=1S/C19H19FN4O2/c1-19(8-9-19)24-11-10-23(17(25)18(24)26)12-13-6-7-16(22-21-13)14-4-2-3-5-15(14)20/h2-7H,8-12H2,1H3. The van der Waals surface area contributed by atoms with Gasteiger partial charge in [-0.2, -0.15) is 10.2 Å². The zero-order valence-electron chi connectivity index (χ0n) is 14.5. The van der Waals surface area contributed by atoms with Crippen LogP contribution in [0.15, 0.2) is 36.4 Å². The van der Waals surface area contributed by atoms with Crippen LogP contribution in [-0.4, -0.2) is 50.4 Å². The fourth-order valence-electron chi connectivity index (χ4n) is 3.24. The van der Waals surface area contributed by atoms with Gasteiger partial charge >= 0.3 is 11.8 Å². The van der Waals surface area contributed by atoms with Gasteiger partial charge in [-0.25, -0.2) is 4.39 Å². The monoisotopic (exact) mass is 354 g/mol. The molecule has 2 aromatic rings. The number of carbonyl (C=O) groups excluding carboxylic acids is 2. The van der Waals surface area contributed by atoms with Crippen LogP contribution >= 0.6 is 0 Å². The number of piperazine rings is 1. The minimum atomic E-state index is -0.496. The lowest BCUT2D eigenvalue weighted by molar-refractivity contribution is -0.158. The minimum Gasteiger partial charge on any atom is -0.327 e.